The van der Waals surface area contributed by atoms with E-state index in [0.717, 1.165) is 18.7 Å². The second-order valence-corrected chi connectivity index (χ2v) is 5.74. The van der Waals surface area contributed by atoms with Gasteiger partial charge in [-0.3, -0.25) is 4.79 Å². The molecule has 116 valence electrons. The third-order valence-electron chi connectivity index (χ3n) is 4.28. The molecule has 0 bridgehead atoms. The van der Waals surface area contributed by atoms with E-state index in [1.165, 1.54) is 25.7 Å². The highest BCUT2D eigenvalue weighted by Crippen LogP contribution is 2.31. The molecule has 1 fully saturated rings. The molecule has 0 spiro atoms. The summed E-state index contributed by atoms with van der Waals surface area (Å²) in [6.07, 6.45) is 6.18. The van der Waals surface area contributed by atoms with Crippen molar-refractivity contribution in [1.82, 2.24) is 5.32 Å². The van der Waals surface area contributed by atoms with Crippen LogP contribution in [-0.2, 0) is 0 Å². The summed E-state index contributed by atoms with van der Waals surface area (Å²) in [5.74, 6) is -0.0568. The number of nitrogens with two attached hydrogens (primary N) is 1. The highest BCUT2D eigenvalue weighted by atomic mass is 16.1. The van der Waals surface area contributed by atoms with Crippen LogP contribution in [0, 0.1) is 0 Å². The molecule has 21 heavy (non-hydrogen) atoms. The monoisotopic (exact) mass is 289 g/mol. The highest BCUT2D eigenvalue weighted by Gasteiger charge is 2.21. The summed E-state index contributed by atoms with van der Waals surface area (Å²) in [6.45, 7) is 5.84. The molecule has 0 aromatic heterocycles. The van der Waals surface area contributed by atoms with E-state index in [4.69, 9.17) is 5.73 Å². The average Bonchev–Trinajstić information content (AvgIpc) is 2.72. The van der Waals surface area contributed by atoms with E-state index >= 15 is 0 Å². The third kappa shape index (κ3) is 3.69. The van der Waals surface area contributed by atoms with Crippen LogP contribution in [0.3, 0.4) is 0 Å². The van der Waals surface area contributed by atoms with Gasteiger partial charge in [-0.05, 0) is 44.4 Å². The number of anilines is 2. The summed E-state index contributed by atoms with van der Waals surface area (Å²) in [6, 6.07) is 6.25. The Bertz CT molecular complexity index is 487. The van der Waals surface area contributed by atoms with Gasteiger partial charge in [0.2, 0.25) is 0 Å². The molecule has 1 saturated heterocycles. The number of nitrogens with one attached hydrogen (secondary N) is 1. The van der Waals surface area contributed by atoms with E-state index in [9.17, 15) is 4.79 Å². The number of nitrogens with zero attached hydrogens (tertiary/aromatic N) is 1. The summed E-state index contributed by atoms with van der Waals surface area (Å²) in [5, 5.41) is 2.81. The van der Waals surface area contributed by atoms with E-state index < -0.39 is 0 Å². The van der Waals surface area contributed by atoms with Gasteiger partial charge in [0.05, 0.1) is 11.4 Å². The van der Waals surface area contributed by atoms with Crippen molar-refractivity contribution in [1.29, 1.82) is 0 Å². The van der Waals surface area contributed by atoms with Gasteiger partial charge in [-0.2, -0.15) is 0 Å². The molecule has 2 rings (SSSR count). The number of hydrogen-bond donors (Lipinski definition) is 2. The van der Waals surface area contributed by atoms with E-state index in [2.05, 4.69) is 17.1 Å². The number of carbonyl (C=O) groups excluding carboxylic acids is 1. The Morgan fingerprint density at radius 3 is 2.81 bits per heavy atom. The van der Waals surface area contributed by atoms with Crippen molar-refractivity contribution in [2.75, 3.05) is 23.7 Å². The molecule has 0 radical (unpaired) electrons. The van der Waals surface area contributed by atoms with Crippen LogP contribution in [0.1, 0.15) is 56.3 Å². The Morgan fingerprint density at radius 2 is 2.14 bits per heavy atom. The third-order valence-corrected chi connectivity index (χ3v) is 4.28. The first-order chi connectivity index (χ1) is 10.2. The Labute approximate surface area is 127 Å². The molecule has 0 saturated carbocycles. The van der Waals surface area contributed by atoms with Crippen molar-refractivity contribution >= 4 is 17.3 Å². The standard InChI is InChI=1S/C17H27N3O/c1-3-14-8-6-5-7-11-20(14)16-10-9-13(12-15(16)18)17(21)19-4-2/h9-10,12,14H,3-8,11,18H2,1-2H3,(H,19,21). The molecule has 4 heteroatoms. The minimum atomic E-state index is -0.0568. The van der Waals surface area contributed by atoms with E-state index in [1.807, 2.05) is 19.1 Å². The Kier molecular flexibility index (Phi) is 5.48. The van der Waals surface area contributed by atoms with Crippen LogP contribution in [0.5, 0.6) is 0 Å². The van der Waals surface area contributed by atoms with Crippen LogP contribution in [0.2, 0.25) is 0 Å². The largest absolute Gasteiger partial charge is 0.397 e. The van der Waals surface area contributed by atoms with Crippen molar-refractivity contribution in [3.05, 3.63) is 23.8 Å². The number of hydrogen-bond acceptors (Lipinski definition) is 3. The van der Waals surface area contributed by atoms with Crippen LogP contribution in [0.15, 0.2) is 18.2 Å². The molecule has 1 aromatic carbocycles. The second-order valence-electron chi connectivity index (χ2n) is 5.74. The maximum atomic E-state index is 11.9. The summed E-state index contributed by atoms with van der Waals surface area (Å²) in [7, 11) is 0. The first-order valence-electron chi connectivity index (χ1n) is 8.11. The SMILES string of the molecule is CCNC(=O)c1ccc(N2CCCCCC2CC)c(N)c1. The maximum Gasteiger partial charge on any atom is 0.251 e. The molecule has 1 atom stereocenters. The Hall–Kier alpha value is -1.71. The van der Waals surface area contributed by atoms with Crippen molar-refractivity contribution in [3.8, 4) is 0 Å². The molecule has 3 N–H and O–H groups in total. The van der Waals surface area contributed by atoms with Crippen LogP contribution in [-0.4, -0.2) is 25.0 Å². The molecule has 4 nitrogen and oxygen atoms in total. The molecule has 1 amide bonds. The molecular weight excluding hydrogens is 262 g/mol. The van der Waals surface area contributed by atoms with Gasteiger partial charge in [0.15, 0.2) is 0 Å². The van der Waals surface area contributed by atoms with E-state index in [0.29, 0.717) is 23.8 Å². The van der Waals surface area contributed by atoms with Crippen molar-refractivity contribution < 1.29 is 4.79 Å². The van der Waals surface area contributed by atoms with Gasteiger partial charge < -0.3 is 16.0 Å². The maximum absolute atomic E-state index is 11.9. The van der Waals surface area contributed by atoms with Crippen molar-refractivity contribution in [2.24, 2.45) is 0 Å². The number of amides is 1. The zero-order valence-electron chi connectivity index (χ0n) is 13.2. The van der Waals surface area contributed by atoms with Crippen molar-refractivity contribution in [3.63, 3.8) is 0 Å². The first-order valence-corrected chi connectivity index (χ1v) is 8.11. The first kappa shape index (κ1) is 15.7. The quantitative estimate of drug-likeness (QED) is 0.837. The number of nitrogen functional groups attached to an aromatic ring is 1. The zero-order valence-corrected chi connectivity index (χ0v) is 13.2. The Balaban J connectivity index is 2.24. The lowest BCUT2D eigenvalue weighted by atomic mass is 10.1. The van der Waals surface area contributed by atoms with Gasteiger partial charge in [0.25, 0.3) is 5.91 Å². The molecule has 1 aliphatic heterocycles. The highest BCUT2D eigenvalue weighted by molar-refractivity contribution is 5.96. The fraction of sp³-hybridized carbons (Fsp3) is 0.588. The minimum absolute atomic E-state index is 0.0568. The normalized spacial score (nSPS) is 19.1. The van der Waals surface area contributed by atoms with Crippen LogP contribution >= 0.6 is 0 Å². The van der Waals surface area contributed by atoms with Crippen LogP contribution < -0.4 is 16.0 Å². The second kappa shape index (κ2) is 7.34. The van der Waals surface area contributed by atoms with Gasteiger partial charge in [0.1, 0.15) is 0 Å². The van der Waals surface area contributed by atoms with Gasteiger partial charge in [0, 0.05) is 24.7 Å². The average molecular weight is 289 g/mol. The number of carbonyl (C=O) groups is 1. The molecule has 1 aromatic rings. The number of benzene rings is 1. The van der Waals surface area contributed by atoms with Gasteiger partial charge >= 0.3 is 0 Å². The van der Waals surface area contributed by atoms with E-state index in [-0.39, 0.29) is 5.91 Å². The molecular formula is C17H27N3O. The lowest BCUT2D eigenvalue weighted by Gasteiger charge is -2.32. The predicted molar refractivity (Wildman–Crippen MR) is 88.8 cm³/mol. The summed E-state index contributed by atoms with van der Waals surface area (Å²) >= 11 is 0. The minimum Gasteiger partial charge on any atom is -0.397 e. The smallest absolute Gasteiger partial charge is 0.251 e. The topological polar surface area (TPSA) is 58.4 Å². The van der Waals surface area contributed by atoms with Gasteiger partial charge in [-0.15, -0.1) is 0 Å². The fourth-order valence-electron chi connectivity index (χ4n) is 3.14. The molecule has 1 aliphatic rings. The molecule has 1 unspecified atom stereocenters. The van der Waals surface area contributed by atoms with E-state index in [1.54, 1.807) is 6.07 Å². The lowest BCUT2D eigenvalue weighted by molar-refractivity contribution is 0.0956. The van der Waals surface area contributed by atoms with Gasteiger partial charge in [-0.1, -0.05) is 19.8 Å². The summed E-state index contributed by atoms with van der Waals surface area (Å²) < 4.78 is 0. The van der Waals surface area contributed by atoms with Crippen LogP contribution in [0.4, 0.5) is 11.4 Å². The fourth-order valence-corrected chi connectivity index (χ4v) is 3.14. The van der Waals surface area contributed by atoms with Crippen LogP contribution in [0.25, 0.3) is 0 Å². The Morgan fingerprint density at radius 1 is 1.33 bits per heavy atom. The predicted octanol–water partition coefficient (Wildman–Crippen LogP) is 3.18. The zero-order chi connectivity index (χ0) is 15.2. The molecule has 0 aliphatic carbocycles. The summed E-state index contributed by atoms with van der Waals surface area (Å²) in [5.41, 5.74) is 8.66. The summed E-state index contributed by atoms with van der Waals surface area (Å²) in [4.78, 5) is 14.3. The number of rotatable bonds is 4. The molecule has 1 heterocycles. The lowest BCUT2D eigenvalue weighted by Crippen LogP contribution is -2.35. The van der Waals surface area contributed by atoms with Gasteiger partial charge in [-0.25, -0.2) is 0 Å². The van der Waals surface area contributed by atoms with Crippen molar-refractivity contribution in [2.45, 2.75) is 52.0 Å².